The summed E-state index contributed by atoms with van der Waals surface area (Å²) < 4.78 is 0. The summed E-state index contributed by atoms with van der Waals surface area (Å²) >= 11 is 0. The maximum Gasteiger partial charge on any atom is 0.144 e. The Kier molecular flexibility index (Phi) is 2.58. The molecule has 0 radical (unpaired) electrons. The molecule has 1 aliphatic rings. The highest BCUT2D eigenvalue weighted by atomic mass is 16.1. The second-order valence-corrected chi connectivity index (χ2v) is 6.65. The number of carbonyl (C=O) groups is 1. The first-order chi connectivity index (χ1) is 6.11. The fourth-order valence-electron chi connectivity index (χ4n) is 2.57. The van der Waals surface area contributed by atoms with Crippen LogP contribution in [0.2, 0.25) is 0 Å². The average molecular weight is 196 g/mol. The Morgan fingerprint density at radius 1 is 1.07 bits per heavy atom. The standard InChI is InChI=1S/C13H24O/c1-11(2,3)13(6)9-7-8-12(4,5)10(13)14/h7-9H2,1-6H3. The number of hydrogen-bond donors (Lipinski definition) is 0. The molecule has 1 saturated carbocycles. The lowest BCUT2D eigenvalue weighted by atomic mass is 9.54. The molecule has 0 amide bonds. The van der Waals surface area contributed by atoms with Gasteiger partial charge in [0.05, 0.1) is 0 Å². The summed E-state index contributed by atoms with van der Waals surface area (Å²) in [5, 5.41) is 0. The van der Waals surface area contributed by atoms with E-state index in [1.54, 1.807) is 0 Å². The van der Waals surface area contributed by atoms with Crippen molar-refractivity contribution in [2.24, 2.45) is 16.2 Å². The van der Waals surface area contributed by atoms with Crippen LogP contribution in [0.1, 0.15) is 60.8 Å². The molecule has 1 nitrogen and oxygen atoms in total. The van der Waals surface area contributed by atoms with Gasteiger partial charge in [0.2, 0.25) is 0 Å². The third-order valence-corrected chi connectivity index (χ3v) is 4.25. The Bertz CT molecular complexity index is 244. The molecule has 1 unspecified atom stereocenters. The van der Waals surface area contributed by atoms with Crippen LogP contribution in [0, 0.1) is 16.2 Å². The normalized spacial score (nSPS) is 33.1. The van der Waals surface area contributed by atoms with Gasteiger partial charge in [-0.1, -0.05) is 48.0 Å². The number of hydrogen-bond acceptors (Lipinski definition) is 1. The van der Waals surface area contributed by atoms with Crippen molar-refractivity contribution in [3.8, 4) is 0 Å². The zero-order valence-corrected chi connectivity index (χ0v) is 10.5. The Morgan fingerprint density at radius 2 is 1.57 bits per heavy atom. The summed E-state index contributed by atoms with van der Waals surface area (Å²) in [5.41, 5.74) is -0.156. The van der Waals surface area contributed by atoms with Gasteiger partial charge in [-0.2, -0.15) is 0 Å². The quantitative estimate of drug-likeness (QED) is 0.575. The molecule has 0 bridgehead atoms. The lowest BCUT2D eigenvalue weighted by Gasteiger charge is -2.48. The van der Waals surface area contributed by atoms with Crippen LogP contribution >= 0.6 is 0 Å². The Labute approximate surface area is 88.3 Å². The average Bonchev–Trinajstić information content (AvgIpc) is 1.98. The summed E-state index contributed by atoms with van der Waals surface area (Å²) in [6.45, 7) is 12.9. The predicted molar refractivity (Wildman–Crippen MR) is 60.2 cm³/mol. The molecule has 0 saturated heterocycles. The van der Waals surface area contributed by atoms with E-state index in [0.29, 0.717) is 5.78 Å². The van der Waals surface area contributed by atoms with E-state index in [1.807, 2.05) is 0 Å². The van der Waals surface area contributed by atoms with Crippen molar-refractivity contribution in [3.05, 3.63) is 0 Å². The third-order valence-electron chi connectivity index (χ3n) is 4.25. The summed E-state index contributed by atoms with van der Waals surface area (Å²) in [5.74, 6) is 0.462. The number of rotatable bonds is 0. The van der Waals surface area contributed by atoms with Gasteiger partial charge < -0.3 is 0 Å². The largest absolute Gasteiger partial charge is 0.298 e. The smallest absolute Gasteiger partial charge is 0.144 e. The van der Waals surface area contributed by atoms with E-state index < -0.39 is 0 Å². The van der Waals surface area contributed by atoms with E-state index in [4.69, 9.17) is 0 Å². The van der Waals surface area contributed by atoms with Crippen LogP contribution in [0.5, 0.6) is 0 Å². The molecule has 1 aliphatic carbocycles. The Hall–Kier alpha value is -0.330. The second-order valence-electron chi connectivity index (χ2n) is 6.65. The van der Waals surface area contributed by atoms with Crippen LogP contribution in [-0.4, -0.2) is 5.78 Å². The van der Waals surface area contributed by atoms with E-state index in [1.165, 1.54) is 6.42 Å². The minimum atomic E-state index is -0.130. The first-order valence-corrected chi connectivity index (χ1v) is 5.66. The summed E-state index contributed by atoms with van der Waals surface area (Å²) in [6, 6.07) is 0. The molecule has 1 fully saturated rings. The predicted octanol–water partition coefficient (Wildman–Crippen LogP) is 3.82. The van der Waals surface area contributed by atoms with Gasteiger partial charge in [0.25, 0.3) is 0 Å². The van der Waals surface area contributed by atoms with Crippen LogP contribution < -0.4 is 0 Å². The highest BCUT2D eigenvalue weighted by molar-refractivity contribution is 5.90. The van der Waals surface area contributed by atoms with Gasteiger partial charge in [-0.15, -0.1) is 0 Å². The van der Waals surface area contributed by atoms with Crippen molar-refractivity contribution >= 4 is 5.78 Å². The van der Waals surface area contributed by atoms with Crippen molar-refractivity contribution in [3.63, 3.8) is 0 Å². The molecule has 82 valence electrons. The zero-order valence-electron chi connectivity index (χ0n) is 10.5. The van der Waals surface area contributed by atoms with E-state index in [2.05, 4.69) is 41.5 Å². The fourth-order valence-corrected chi connectivity index (χ4v) is 2.57. The number of carbonyl (C=O) groups excluding carboxylic acids is 1. The molecule has 14 heavy (non-hydrogen) atoms. The van der Waals surface area contributed by atoms with Crippen molar-refractivity contribution in [1.29, 1.82) is 0 Å². The van der Waals surface area contributed by atoms with Gasteiger partial charge in [-0.3, -0.25) is 4.79 Å². The van der Waals surface area contributed by atoms with Crippen LogP contribution in [-0.2, 0) is 4.79 Å². The van der Waals surface area contributed by atoms with Crippen LogP contribution in [0.4, 0.5) is 0 Å². The first-order valence-electron chi connectivity index (χ1n) is 5.66. The van der Waals surface area contributed by atoms with Crippen LogP contribution in [0.3, 0.4) is 0 Å². The van der Waals surface area contributed by atoms with Crippen LogP contribution in [0.25, 0.3) is 0 Å². The minimum absolute atomic E-state index is 0.0851. The summed E-state index contributed by atoms with van der Waals surface area (Å²) in [4.78, 5) is 12.4. The molecule has 1 heteroatoms. The highest BCUT2D eigenvalue weighted by Gasteiger charge is 2.51. The maximum atomic E-state index is 12.4. The molecular formula is C13H24O. The monoisotopic (exact) mass is 196 g/mol. The molecule has 0 aromatic rings. The van der Waals surface area contributed by atoms with E-state index in [9.17, 15) is 4.79 Å². The number of ketones is 1. The van der Waals surface area contributed by atoms with Gasteiger partial charge in [-0.25, -0.2) is 0 Å². The van der Waals surface area contributed by atoms with Gasteiger partial charge >= 0.3 is 0 Å². The van der Waals surface area contributed by atoms with Crippen molar-refractivity contribution in [2.75, 3.05) is 0 Å². The molecule has 0 aliphatic heterocycles. The van der Waals surface area contributed by atoms with E-state index in [-0.39, 0.29) is 16.2 Å². The summed E-state index contributed by atoms with van der Waals surface area (Å²) in [7, 11) is 0. The third kappa shape index (κ3) is 1.62. The lowest BCUT2D eigenvalue weighted by Crippen LogP contribution is -2.49. The van der Waals surface area contributed by atoms with Gasteiger partial charge in [-0.05, 0) is 18.3 Å². The molecule has 1 rings (SSSR count). The SMILES string of the molecule is CC1(C)CCCC(C)(C(C)(C)C)C1=O. The van der Waals surface area contributed by atoms with Gasteiger partial charge in [0.15, 0.2) is 0 Å². The summed E-state index contributed by atoms with van der Waals surface area (Å²) in [6.07, 6.45) is 3.29. The minimum Gasteiger partial charge on any atom is -0.298 e. The van der Waals surface area contributed by atoms with Crippen LogP contribution in [0.15, 0.2) is 0 Å². The lowest BCUT2D eigenvalue weighted by molar-refractivity contribution is -0.148. The Balaban J connectivity index is 3.06. The zero-order chi connectivity index (χ0) is 11.2. The fraction of sp³-hybridized carbons (Fsp3) is 0.923. The van der Waals surface area contributed by atoms with Gasteiger partial charge in [0.1, 0.15) is 5.78 Å². The molecule has 0 heterocycles. The molecule has 0 aromatic carbocycles. The topological polar surface area (TPSA) is 17.1 Å². The molecule has 0 spiro atoms. The second kappa shape index (κ2) is 3.08. The molecular weight excluding hydrogens is 172 g/mol. The van der Waals surface area contributed by atoms with Gasteiger partial charge in [0, 0.05) is 10.8 Å². The maximum absolute atomic E-state index is 12.4. The van der Waals surface area contributed by atoms with E-state index >= 15 is 0 Å². The molecule has 1 atom stereocenters. The van der Waals surface area contributed by atoms with Crippen molar-refractivity contribution < 1.29 is 4.79 Å². The van der Waals surface area contributed by atoms with Crippen molar-refractivity contribution in [2.45, 2.75) is 60.8 Å². The first kappa shape index (κ1) is 11.7. The van der Waals surface area contributed by atoms with E-state index in [0.717, 1.165) is 12.8 Å². The molecule has 0 N–H and O–H groups in total. The highest BCUT2D eigenvalue weighted by Crippen LogP contribution is 2.51. The number of Topliss-reactive ketones (excluding diaryl/α,β-unsaturated/α-hetero) is 1. The molecule has 0 aromatic heterocycles. The van der Waals surface area contributed by atoms with Crippen molar-refractivity contribution in [1.82, 2.24) is 0 Å². The Morgan fingerprint density at radius 3 is 1.93 bits per heavy atom.